The highest BCUT2D eigenvalue weighted by atomic mass is 16.5. The first-order valence-electron chi connectivity index (χ1n) is 9.60. The Bertz CT molecular complexity index is 1100. The van der Waals surface area contributed by atoms with Crippen LogP contribution in [0.15, 0.2) is 48.5 Å². The maximum atomic E-state index is 6.19. The first kappa shape index (κ1) is 18.3. The summed E-state index contributed by atoms with van der Waals surface area (Å²) < 4.78 is 8.23. The van der Waals surface area contributed by atoms with Crippen molar-refractivity contribution in [3.05, 3.63) is 59.9 Å². The average molecular weight is 375 g/mol. The summed E-state index contributed by atoms with van der Waals surface area (Å²) in [7, 11) is 0. The smallest absolute Gasteiger partial charge is 0.152 e. The predicted molar refractivity (Wildman–Crippen MR) is 113 cm³/mol. The van der Waals surface area contributed by atoms with Crippen LogP contribution in [0, 0.1) is 6.92 Å². The SMILES string of the molecule is Cc1nc2c(N)nc3ccc(OCc4ccccc4)cc3c2n1CCCCN. The molecule has 2 aromatic heterocycles. The number of pyridine rings is 1. The molecule has 0 atom stereocenters. The van der Waals surface area contributed by atoms with E-state index in [-0.39, 0.29) is 0 Å². The number of fused-ring (bicyclic) bond motifs is 3. The van der Waals surface area contributed by atoms with Crippen molar-refractivity contribution in [2.24, 2.45) is 5.73 Å². The summed E-state index contributed by atoms with van der Waals surface area (Å²) in [5, 5.41) is 1.00. The van der Waals surface area contributed by atoms with Gasteiger partial charge in [-0.1, -0.05) is 30.3 Å². The Balaban J connectivity index is 1.75. The predicted octanol–water partition coefficient (Wildman–Crippen LogP) is 3.79. The van der Waals surface area contributed by atoms with Crippen molar-refractivity contribution >= 4 is 27.8 Å². The van der Waals surface area contributed by atoms with Crippen LogP contribution in [0.4, 0.5) is 5.82 Å². The van der Waals surface area contributed by atoms with Gasteiger partial charge < -0.3 is 20.8 Å². The molecule has 0 aliphatic heterocycles. The van der Waals surface area contributed by atoms with Gasteiger partial charge in [0.05, 0.1) is 11.0 Å². The standard InChI is InChI=1S/C22H25N5O/c1-15-25-20-21(27(15)12-6-5-11-23)18-13-17(9-10-19(18)26-22(20)24)28-14-16-7-3-2-4-8-16/h2-4,7-10,13H,5-6,11-12,14,23H2,1H3,(H2,24,26). The Labute approximate surface area is 164 Å². The molecular formula is C22H25N5O. The Kier molecular flexibility index (Phi) is 5.12. The minimum atomic E-state index is 0.459. The number of unbranched alkanes of at least 4 members (excludes halogenated alkanes) is 1. The van der Waals surface area contributed by atoms with Crippen molar-refractivity contribution in [3.63, 3.8) is 0 Å². The summed E-state index contributed by atoms with van der Waals surface area (Å²) >= 11 is 0. The number of hydrogen-bond acceptors (Lipinski definition) is 5. The normalized spacial score (nSPS) is 11.4. The van der Waals surface area contributed by atoms with Crippen LogP contribution < -0.4 is 16.2 Å². The third-order valence-corrected chi connectivity index (χ3v) is 4.95. The zero-order valence-electron chi connectivity index (χ0n) is 16.1. The van der Waals surface area contributed by atoms with E-state index in [1.165, 1.54) is 0 Å². The van der Waals surface area contributed by atoms with Gasteiger partial charge in [-0.2, -0.15) is 0 Å². The van der Waals surface area contributed by atoms with E-state index in [9.17, 15) is 0 Å². The number of nitrogen functional groups attached to an aromatic ring is 1. The number of anilines is 1. The summed E-state index contributed by atoms with van der Waals surface area (Å²) in [5.74, 6) is 2.20. The van der Waals surface area contributed by atoms with Crippen molar-refractivity contribution in [1.29, 1.82) is 0 Å². The van der Waals surface area contributed by atoms with Gasteiger partial charge in [0.15, 0.2) is 5.82 Å². The van der Waals surface area contributed by atoms with Crippen molar-refractivity contribution in [2.75, 3.05) is 12.3 Å². The molecule has 2 heterocycles. The number of hydrogen-bond donors (Lipinski definition) is 2. The van der Waals surface area contributed by atoms with Gasteiger partial charge in [-0.05, 0) is 50.1 Å². The lowest BCUT2D eigenvalue weighted by Gasteiger charge is -2.11. The highest BCUT2D eigenvalue weighted by Gasteiger charge is 2.15. The number of aryl methyl sites for hydroxylation is 2. The van der Waals surface area contributed by atoms with Gasteiger partial charge >= 0.3 is 0 Å². The van der Waals surface area contributed by atoms with E-state index < -0.39 is 0 Å². The van der Waals surface area contributed by atoms with Crippen LogP contribution in [0.3, 0.4) is 0 Å². The quantitative estimate of drug-likeness (QED) is 0.480. The molecule has 0 aliphatic carbocycles. The molecule has 0 unspecified atom stereocenters. The zero-order chi connectivity index (χ0) is 19.5. The second-order valence-corrected chi connectivity index (χ2v) is 6.95. The molecule has 0 amide bonds. The van der Waals surface area contributed by atoms with Gasteiger partial charge in [0.2, 0.25) is 0 Å². The van der Waals surface area contributed by atoms with E-state index in [1.54, 1.807) is 0 Å². The Morgan fingerprint density at radius 3 is 2.64 bits per heavy atom. The van der Waals surface area contributed by atoms with Crippen LogP contribution in [-0.2, 0) is 13.2 Å². The lowest BCUT2D eigenvalue weighted by molar-refractivity contribution is 0.306. The van der Waals surface area contributed by atoms with Crippen LogP contribution in [0.2, 0.25) is 0 Å². The highest BCUT2D eigenvalue weighted by Crippen LogP contribution is 2.31. The van der Waals surface area contributed by atoms with Gasteiger partial charge in [0, 0.05) is 11.9 Å². The lowest BCUT2D eigenvalue weighted by atomic mass is 10.1. The van der Waals surface area contributed by atoms with Crippen molar-refractivity contribution < 1.29 is 4.74 Å². The van der Waals surface area contributed by atoms with Gasteiger partial charge in [-0.3, -0.25) is 0 Å². The zero-order valence-corrected chi connectivity index (χ0v) is 16.1. The molecule has 28 heavy (non-hydrogen) atoms. The Morgan fingerprint density at radius 2 is 1.86 bits per heavy atom. The number of nitrogens with zero attached hydrogens (tertiary/aromatic N) is 3. The highest BCUT2D eigenvalue weighted by molar-refractivity contribution is 6.07. The Hall–Kier alpha value is -3.12. The van der Waals surface area contributed by atoms with Crippen LogP contribution in [0.5, 0.6) is 5.75 Å². The van der Waals surface area contributed by atoms with E-state index in [4.69, 9.17) is 16.2 Å². The second kappa shape index (κ2) is 7.86. The number of imidazole rings is 1. The molecule has 0 radical (unpaired) electrons. The monoisotopic (exact) mass is 375 g/mol. The average Bonchev–Trinajstić information content (AvgIpc) is 3.05. The lowest BCUT2D eigenvalue weighted by Crippen LogP contribution is -2.05. The second-order valence-electron chi connectivity index (χ2n) is 6.95. The van der Waals surface area contributed by atoms with Crippen molar-refractivity contribution in [1.82, 2.24) is 14.5 Å². The fraction of sp³-hybridized carbons (Fsp3) is 0.273. The van der Waals surface area contributed by atoms with E-state index in [1.807, 2.05) is 43.3 Å². The van der Waals surface area contributed by atoms with Gasteiger partial charge in [-0.15, -0.1) is 0 Å². The molecule has 4 N–H and O–H groups in total. The van der Waals surface area contributed by atoms with Gasteiger partial charge in [0.25, 0.3) is 0 Å². The molecule has 144 valence electrons. The molecule has 4 aromatic rings. The van der Waals surface area contributed by atoms with Crippen LogP contribution in [0.1, 0.15) is 24.2 Å². The first-order chi connectivity index (χ1) is 13.7. The van der Waals surface area contributed by atoms with Crippen LogP contribution >= 0.6 is 0 Å². The summed E-state index contributed by atoms with van der Waals surface area (Å²) in [6.07, 6.45) is 1.97. The Morgan fingerprint density at radius 1 is 1.04 bits per heavy atom. The third-order valence-electron chi connectivity index (χ3n) is 4.95. The summed E-state index contributed by atoms with van der Waals surface area (Å²) in [6.45, 7) is 4.07. The van der Waals surface area contributed by atoms with E-state index in [0.29, 0.717) is 19.0 Å². The van der Waals surface area contributed by atoms with E-state index in [2.05, 4.69) is 26.7 Å². The molecule has 2 aromatic carbocycles. The molecular weight excluding hydrogens is 350 g/mol. The minimum absolute atomic E-state index is 0.459. The number of nitrogens with two attached hydrogens (primary N) is 2. The number of ether oxygens (including phenoxy) is 1. The maximum Gasteiger partial charge on any atom is 0.152 e. The minimum Gasteiger partial charge on any atom is -0.489 e. The fourth-order valence-electron chi connectivity index (χ4n) is 3.52. The van der Waals surface area contributed by atoms with E-state index in [0.717, 1.165) is 58.5 Å². The summed E-state index contributed by atoms with van der Waals surface area (Å²) in [6, 6.07) is 16.1. The third kappa shape index (κ3) is 3.51. The van der Waals surface area contributed by atoms with Crippen LogP contribution in [-0.4, -0.2) is 21.1 Å². The van der Waals surface area contributed by atoms with Gasteiger partial charge in [-0.25, -0.2) is 9.97 Å². The largest absolute Gasteiger partial charge is 0.489 e. The summed E-state index contributed by atoms with van der Waals surface area (Å²) in [4.78, 5) is 9.21. The molecule has 0 saturated carbocycles. The molecule has 6 nitrogen and oxygen atoms in total. The maximum absolute atomic E-state index is 6.19. The molecule has 0 fully saturated rings. The molecule has 0 bridgehead atoms. The molecule has 0 aliphatic rings. The molecule has 0 saturated heterocycles. The van der Waals surface area contributed by atoms with Gasteiger partial charge in [0.1, 0.15) is 23.7 Å². The molecule has 0 spiro atoms. The van der Waals surface area contributed by atoms with Crippen molar-refractivity contribution in [2.45, 2.75) is 32.9 Å². The van der Waals surface area contributed by atoms with Crippen LogP contribution in [0.25, 0.3) is 21.9 Å². The molecule has 4 rings (SSSR count). The summed E-state index contributed by atoms with van der Waals surface area (Å²) in [5.41, 5.74) is 15.6. The number of rotatable bonds is 7. The fourth-order valence-corrected chi connectivity index (χ4v) is 3.52. The first-order valence-corrected chi connectivity index (χ1v) is 9.60. The topological polar surface area (TPSA) is 92.0 Å². The molecule has 6 heteroatoms. The van der Waals surface area contributed by atoms with Crippen molar-refractivity contribution in [3.8, 4) is 5.75 Å². The van der Waals surface area contributed by atoms with E-state index >= 15 is 0 Å². The number of benzene rings is 2. The number of aromatic nitrogens is 3.